The molecule has 1 heterocycles. The lowest BCUT2D eigenvalue weighted by atomic mass is 10.3. The largest absolute Gasteiger partial charge is 0.381 e. The van der Waals surface area contributed by atoms with E-state index in [1.165, 1.54) is 16.8 Å². The molecule has 0 aliphatic carbocycles. The molecule has 2 aromatic rings. The first-order valence-electron chi connectivity index (χ1n) is 5.49. The van der Waals surface area contributed by atoms with Crippen molar-refractivity contribution in [2.75, 3.05) is 10.5 Å². The molecular formula is C11H12BrFN4O2S. The van der Waals surface area contributed by atoms with Gasteiger partial charge in [-0.25, -0.2) is 12.8 Å². The number of nitrogens with two attached hydrogens (primary N) is 1. The van der Waals surface area contributed by atoms with Crippen LogP contribution in [0.4, 0.5) is 15.9 Å². The molecular weight excluding hydrogens is 351 g/mol. The Morgan fingerprint density at radius 3 is 2.60 bits per heavy atom. The van der Waals surface area contributed by atoms with Gasteiger partial charge in [0.2, 0.25) is 0 Å². The van der Waals surface area contributed by atoms with Gasteiger partial charge in [0.1, 0.15) is 5.82 Å². The third-order valence-corrected chi connectivity index (χ3v) is 4.77. The maximum Gasteiger partial charge on any atom is 0.267 e. The molecule has 20 heavy (non-hydrogen) atoms. The summed E-state index contributed by atoms with van der Waals surface area (Å²) in [4.78, 5) is -0.151. The average Bonchev–Trinajstić information content (AvgIpc) is 2.57. The van der Waals surface area contributed by atoms with Gasteiger partial charge in [0.25, 0.3) is 10.0 Å². The van der Waals surface area contributed by atoms with Crippen molar-refractivity contribution in [1.82, 2.24) is 9.78 Å². The molecule has 0 saturated carbocycles. The molecule has 0 spiro atoms. The molecule has 0 radical (unpaired) electrons. The number of halogens is 2. The second-order valence-electron chi connectivity index (χ2n) is 4.15. The van der Waals surface area contributed by atoms with E-state index < -0.39 is 15.8 Å². The Balaban J connectivity index is 2.46. The second-order valence-corrected chi connectivity index (χ2v) is 6.69. The van der Waals surface area contributed by atoms with Crippen molar-refractivity contribution in [3.8, 4) is 0 Å². The maximum atomic E-state index is 13.7. The van der Waals surface area contributed by atoms with Crippen molar-refractivity contribution in [1.29, 1.82) is 0 Å². The molecule has 0 fully saturated rings. The molecule has 108 valence electrons. The minimum absolute atomic E-state index is 0.130. The number of nitrogens with one attached hydrogen (secondary N) is 1. The van der Waals surface area contributed by atoms with Gasteiger partial charge in [0.15, 0.2) is 10.7 Å². The molecule has 0 aliphatic rings. The first-order valence-corrected chi connectivity index (χ1v) is 7.77. The molecule has 0 atom stereocenters. The fourth-order valence-corrected chi connectivity index (χ4v) is 3.44. The average molecular weight is 363 g/mol. The zero-order valence-electron chi connectivity index (χ0n) is 10.7. The molecule has 9 heteroatoms. The van der Waals surface area contributed by atoms with Crippen molar-refractivity contribution >= 4 is 37.5 Å². The van der Waals surface area contributed by atoms with Crippen LogP contribution < -0.4 is 10.5 Å². The van der Waals surface area contributed by atoms with Gasteiger partial charge >= 0.3 is 0 Å². The summed E-state index contributed by atoms with van der Waals surface area (Å²) in [7, 11) is -2.43. The molecule has 6 nitrogen and oxygen atoms in total. The van der Waals surface area contributed by atoms with Gasteiger partial charge in [-0.05, 0) is 25.1 Å². The van der Waals surface area contributed by atoms with E-state index in [2.05, 4.69) is 25.8 Å². The third kappa shape index (κ3) is 2.63. The van der Waals surface area contributed by atoms with Gasteiger partial charge < -0.3 is 5.73 Å². The summed E-state index contributed by atoms with van der Waals surface area (Å²) < 4.78 is 42.3. The molecule has 0 aliphatic heterocycles. The zero-order chi connectivity index (χ0) is 15.1. The Bertz CT molecular complexity index is 773. The number of nitrogens with zero attached hydrogens (tertiary/aromatic N) is 2. The van der Waals surface area contributed by atoms with E-state index in [0.717, 1.165) is 6.07 Å². The Labute approximate surface area is 124 Å². The van der Waals surface area contributed by atoms with Crippen LogP contribution in [0.25, 0.3) is 0 Å². The van der Waals surface area contributed by atoms with E-state index in [-0.39, 0.29) is 16.4 Å². The normalized spacial score (nSPS) is 11.6. The molecule has 1 aromatic carbocycles. The van der Waals surface area contributed by atoms with Gasteiger partial charge in [-0.15, -0.1) is 0 Å². The minimum atomic E-state index is -4.00. The van der Waals surface area contributed by atoms with E-state index in [0.29, 0.717) is 10.2 Å². The van der Waals surface area contributed by atoms with Gasteiger partial charge in [0, 0.05) is 11.5 Å². The summed E-state index contributed by atoms with van der Waals surface area (Å²) in [6.45, 7) is 1.57. The van der Waals surface area contributed by atoms with Crippen molar-refractivity contribution in [2.45, 2.75) is 11.8 Å². The number of rotatable bonds is 3. The summed E-state index contributed by atoms with van der Waals surface area (Å²) >= 11 is 3.10. The quantitative estimate of drug-likeness (QED) is 0.873. The molecule has 1 aromatic heterocycles. The van der Waals surface area contributed by atoms with E-state index in [4.69, 9.17) is 5.73 Å². The van der Waals surface area contributed by atoms with Crippen molar-refractivity contribution in [2.24, 2.45) is 7.05 Å². The summed E-state index contributed by atoms with van der Waals surface area (Å²) in [5.74, 6) is -0.821. The predicted molar refractivity (Wildman–Crippen MR) is 77.3 cm³/mol. The topological polar surface area (TPSA) is 90.0 Å². The zero-order valence-corrected chi connectivity index (χ0v) is 13.1. The van der Waals surface area contributed by atoms with Crippen LogP contribution in [-0.2, 0) is 17.1 Å². The van der Waals surface area contributed by atoms with Crippen LogP contribution in [0.3, 0.4) is 0 Å². The highest BCUT2D eigenvalue weighted by Gasteiger charge is 2.25. The van der Waals surface area contributed by atoms with Gasteiger partial charge in [-0.3, -0.25) is 9.40 Å². The van der Waals surface area contributed by atoms with Gasteiger partial charge in [0.05, 0.1) is 11.4 Å². The highest BCUT2D eigenvalue weighted by molar-refractivity contribution is 9.10. The SMILES string of the molecule is Cc1c(S(=O)(=O)Nc2ccc(Br)cc2F)c(N)nn1C. The number of benzene rings is 1. The van der Waals surface area contributed by atoms with Crippen LogP contribution >= 0.6 is 15.9 Å². The first kappa shape index (κ1) is 14.8. The van der Waals surface area contributed by atoms with E-state index >= 15 is 0 Å². The van der Waals surface area contributed by atoms with Crippen LogP contribution in [0.5, 0.6) is 0 Å². The number of aromatic nitrogens is 2. The molecule has 0 bridgehead atoms. The van der Waals surface area contributed by atoms with Crippen molar-refractivity contribution in [3.05, 3.63) is 34.2 Å². The number of anilines is 2. The fourth-order valence-electron chi connectivity index (χ4n) is 1.71. The van der Waals surface area contributed by atoms with Gasteiger partial charge in [-0.2, -0.15) is 5.10 Å². The summed E-state index contributed by atoms with van der Waals surface area (Å²) in [6, 6.07) is 4.01. The second kappa shape index (κ2) is 5.06. The minimum Gasteiger partial charge on any atom is -0.381 e. The number of nitrogen functional groups attached to an aromatic ring is 1. The maximum absolute atomic E-state index is 13.7. The Hall–Kier alpha value is -1.61. The lowest BCUT2D eigenvalue weighted by Crippen LogP contribution is -2.16. The van der Waals surface area contributed by atoms with E-state index in [9.17, 15) is 12.8 Å². The van der Waals surface area contributed by atoms with Crippen LogP contribution in [0.2, 0.25) is 0 Å². The Morgan fingerprint density at radius 2 is 2.10 bits per heavy atom. The van der Waals surface area contributed by atoms with Crippen LogP contribution in [-0.4, -0.2) is 18.2 Å². The summed E-state index contributed by atoms with van der Waals surface area (Å²) in [5, 5.41) is 3.83. The Kier molecular flexibility index (Phi) is 3.74. The van der Waals surface area contributed by atoms with Crippen LogP contribution in [0.1, 0.15) is 5.69 Å². The standard InChI is InChI=1S/C11H12BrFN4O2S/c1-6-10(11(14)15-17(6)2)20(18,19)16-9-4-3-7(12)5-8(9)13/h3-5,16H,1-2H3,(H2,14,15). The van der Waals surface area contributed by atoms with Crippen LogP contribution in [0, 0.1) is 12.7 Å². The number of hydrogen-bond donors (Lipinski definition) is 2. The lowest BCUT2D eigenvalue weighted by molar-refractivity contribution is 0.597. The van der Waals surface area contributed by atoms with Crippen LogP contribution in [0.15, 0.2) is 27.6 Å². The third-order valence-electron chi connectivity index (χ3n) is 2.75. The van der Waals surface area contributed by atoms with Crippen molar-refractivity contribution < 1.29 is 12.8 Å². The summed E-state index contributed by atoms with van der Waals surface area (Å²) in [5.41, 5.74) is 5.80. The fraction of sp³-hybridized carbons (Fsp3) is 0.182. The molecule has 0 amide bonds. The summed E-state index contributed by atoms with van der Waals surface area (Å²) in [6.07, 6.45) is 0. The monoisotopic (exact) mass is 362 g/mol. The number of aryl methyl sites for hydroxylation is 1. The predicted octanol–water partition coefficient (Wildman–Crippen LogP) is 2.01. The highest BCUT2D eigenvalue weighted by Crippen LogP contribution is 2.26. The van der Waals surface area contributed by atoms with E-state index in [1.54, 1.807) is 14.0 Å². The lowest BCUT2D eigenvalue weighted by Gasteiger charge is -2.09. The smallest absolute Gasteiger partial charge is 0.267 e. The highest BCUT2D eigenvalue weighted by atomic mass is 79.9. The molecule has 0 saturated heterocycles. The first-order chi connectivity index (χ1) is 9.22. The van der Waals surface area contributed by atoms with Crippen molar-refractivity contribution in [3.63, 3.8) is 0 Å². The Morgan fingerprint density at radius 1 is 1.45 bits per heavy atom. The molecule has 0 unspecified atom stereocenters. The number of sulfonamides is 1. The number of hydrogen-bond acceptors (Lipinski definition) is 4. The molecule has 3 N–H and O–H groups in total. The van der Waals surface area contributed by atoms with Gasteiger partial charge in [-0.1, -0.05) is 15.9 Å². The molecule has 2 rings (SSSR count). The van der Waals surface area contributed by atoms with E-state index in [1.807, 2.05) is 0 Å².